The van der Waals surface area contributed by atoms with E-state index in [0.717, 1.165) is 0 Å². The number of hydrogen-bond donors (Lipinski definition) is 3. The third kappa shape index (κ3) is 9.65. The summed E-state index contributed by atoms with van der Waals surface area (Å²) in [5, 5.41) is 15.2. The third-order valence-electron chi connectivity index (χ3n) is 4.61. The number of carbonyl (C=O) groups is 3. The second-order valence-electron chi connectivity index (χ2n) is 9.07. The molecule has 0 fully saturated rings. The number of alkyl carbamates (subject to hydrolysis) is 1. The number of nitrogens with zero attached hydrogens (tertiary/aromatic N) is 1. The Kier molecular flexibility index (Phi) is 12.0. The number of hydrogen-bond acceptors (Lipinski definition) is 6. The second kappa shape index (κ2) is 13.9. The van der Waals surface area contributed by atoms with Crippen molar-refractivity contribution < 1.29 is 24.2 Å². The zero-order valence-corrected chi connectivity index (χ0v) is 21.7. The van der Waals surface area contributed by atoms with Crippen molar-refractivity contribution in [2.75, 3.05) is 25.2 Å². The smallest absolute Gasteiger partial charge is 0.408 e. The van der Waals surface area contributed by atoms with Crippen LogP contribution >= 0.6 is 11.8 Å². The molecule has 9 heteroatoms. The number of amides is 3. The van der Waals surface area contributed by atoms with Crippen molar-refractivity contribution in [3.05, 3.63) is 35.4 Å². The maximum absolute atomic E-state index is 13.7. The number of ether oxygens (including phenoxy) is 1. The predicted molar refractivity (Wildman–Crippen MR) is 135 cm³/mol. The van der Waals surface area contributed by atoms with E-state index < -0.39 is 35.6 Å². The van der Waals surface area contributed by atoms with Crippen molar-refractivity contribution in [2.24, 2.45) is 0 Å². The average Bonchev–Trinajstić information content (AvgIpc) is 2.74. The van der Waals surface area contributed by atoms with Crippen LogP contribution in [0, 0.1) is 12.3 Å². The van der Waals surface area contributed by atoms with E-state index in [-0.39, 0.29) is 19.2 Å². The molecule has 2 unspecified atom stereocenters. The molecular weight excluding hydrogens is 454 g/mol. The van der Waals surface area contributed by atoms with Gasteiger partial charge in [0.25, 0.3) is 0 Å². The quantitative estimate of drug-likeness (QED) is 0.411. The Hall–Kier alpha value is -2.70. The van der Waals surface area contributed by atoms with Gasteiger partial charge in [0.05, 0.1) is 6.61 Å². The molecule has 34 heavy (non-hydrogen) atoms. The van der Waals surface area contributed by atoms with Gasteiger partial charge in [-0.05, 0) is 70.7 Å². The lowest BCUT2D eigenvalue weighted by atomic mass is 10.0. The molecule has 0 aliphatic rings. The zero-order chi connectivity index (χ0) is 25.9. The molecular formula is C25H37N3O5S. The van der Waals surface area contributed by atoms with Crippen molar-refractivity contribution in [2.45, 2.75) is 64.8 Å². The van der Waals surface area contributed by atoms with Crippen LogP contribution in [0.5, 0.6) is 0 Å². The Balaban J connectivity index is 3.39. The van der Waals surface area contributed by atoms with Gasteiger partial charge in [0.15, 0.2) is 0 Å². The lowest BCUT2D eigenvalue weighted by Gasteiger charge is -2.34. The topological polar surface area (TPSA) is 108 Å². The molecule has 3 N–H and O–H groups in total. The van der Waals surface area contributed by atoms with Crippen LogP contribution in [0.2, 0.25) is 0 Å². The van der Waals surface area contributed by atoms with Crippen LogP contribution in [-0.4, -0.2) is 70.8 Å². The minimum atomic E-state index is -1.02. The Labute approximate surface area is 207 Å². The molecule has 0 aliphatic carbocycles. The number of nitrogens with one attached hydrogen (secondary N) is 2. The minimum absolute atomic E-state index is 0.0995. The highest BCUT2D eigenvalue weighted by molar-refractivity contribution is 7.98. The summed E-state index contributed by atoms with van der Waals surface area (Å²) in [4.78, 5) is 40.7. The highest BCUT2D eigenvalue weighted by Gasteiger charge is 2.36. The third-order valence-corrected chi connectivity index (χ3v) is 5.25. The van der Waals surface area contributed by atoms with Crippen molar-refractivity contribution in [1.82, 2.24) is 15.5 Å². The predicted octanol–water partition coefficient (Wildman–Crippen LogP) is 2.70. The molecule has 188 valence electrons. The summed E-state index contributed by atoms with van der Waals surface area (Å²) in [7, 11) is 0. The van der Waals surface area contributed by atoms with Gasteiger partial charge < -0.3 is 25.4 Å². The first-order chi connectivity index (χ1) is 15.9. The summed E-state index contributed by atoms with van der Waals surface area (Å²) in [6.07, 6.45) is 6.95. The fourth-order valence-electron chi connectivity index (χ4n) is 3.22. The zero-order valence-electron chi connectivity index (χ0n) is 20.9. The molecule has 1 aromatic carbocycles. The van der Waals surface area contributed by atoms with Crippen molar-refractivity contribution in [3.63, 3.8) is 0 Å². The van der Waals surface area contributed by atoms with E-state index in [1.807, 2.05) is 20.1 Å². The summed E-state index contributed by atoms with van der Waals surface area (Å²) in [6, 6.07) is 4.64. The number of aliphatic hydroxyl groups is 1. The van der Waals surface area contributed by atoms with Crippen LogP contribution in [0.25, 0.3) is 0 Å². The van der Waals surface area contributed by atoms with Crippen LogP contribution < -0.4 is 10.6 Å². The summed E-state index contributed by atoms with van der Waals surface area (Å²) < 4.78 is 5.33. The maximum Gasteiger partial charge on any atom is 0.408 e. The average molecular weight is 492 g/mol. The Morgan fingerprint density at radius 3 is 2.26 bits per heavy atom. The second-order valence-corrected chi connectivity index (χ2v) is 10.1. The fourth-order valence-corrected chi connectivity index (χ4v) is 3.69. The number of carbonyl (C=O) groups excluding carboxylic acids is 3. The first-order valence-corrected chi connectivity index (χ1v) is 12.6. The maximum atomic E-state index is 13.7. The van der Waals surface area contributed by atoms with E-state index in [0.29, 0.717) is 23.3 Å². The molecule has 0 aliphatic heterocycles. The van der Waals surface area contributed by atoms with Gasteiger partial charge in [0, 0.05) is 18.2 Å². The molecule has 0 heterocycles. The van der Waals surface area contributed by atoms with Crippen molar-refractivity contribution in [3.8, 4) is 12.3 Å². The molecule has 0 radical (unpaired) electrons. The highest BCUT2D eigenvalue weighted by Crippen LogP contribution is 2.24. The molecule has 0 aromatic heterocycles. The van der Waals surface area contributed by atoms with E-state index in [1.165, 1.54) is 16.7 Å². The first-order valence-electron chi connectivity index (χ1n) is 11.2. The Morgan fingerprint density at radius 2 is 1.79 bits per heavy atom. The normalized spacial score (nSPS) is 12.9. The standard InChI is InChI=1S/C25H37N3O5S/c1-8-18-9-11-19(12-10-18)21(22(30)26-17(2)3)28(14-15-29)23(31)20(13-16-34-7)27-24(32)33-25(4,5)6/h1,9-12,17,20-21,29H,13-16H2,2-7H3,(H,26,30)(H,27,32). The van der Waals surface area contributed by atoms with E-state index >= 15 is 0 Å². The van der Waals surface area contributed by atoms with Gasteiger partial charge in [-0.1, -0.05) is 18.1 Å². The lowest BCUT2D eigenvalue weighted by Crippen LogP contribution is -2.54. The van der Waals surface area contributed by atoms with Gasteiger partial charge >= 0.3 is 6.09 Å². The van der Waals surface area contributed by atoms with Crippen molar-refractivity contribution in [1.29, 1.82) is 0 Å². The van der Waals surface area contributed by atoms with Gasteiger partial charge in [0.2, 0.25) is 11.8 Å². The molecule has 1 aromatic rings. The summed E-state index contributed by atoms with van der Waals surface area (Å²) >= 11 is 1.53. The number of thioether (sulfide) groups is 1. The summed E-state index contributed by atoms with van der Waals surface area (Å²) in [6.45, 7) is 8.37. The Bertz CT molecular complexity index is 859. The van der Waals surface area contributed by atoms with Crippen molar-refractivity contribution >= 4 is 29.7 Å². The number of rotatable bonds is 11. The van der Waals surface area contributed by atoms with E-state index in [1.54, 1.807) is 45.0 Å². The largest absolute Gasteiger partial charge is 0.444 e. The van der Waals surface area contributed by atoms with Crippen LogP contribution in [0.4, 0.5) is 4.79 Å². The number of aliphatic hydroxyl groups excluding tert-OH is 1. The Morgan fingerprint density at radius 1 is 1.18 bits per heavy atom. The highest BCUT2D eigenvalue weighted by atomic mass is 32.2. The number of benzene rings is 1. The summed E-state index contributed by atoms with van der Waals surface area (Å²) in [5.41, 5.74) is 0.441. The van der Waals surface area contributed by atoms with Crippen LogP contribution in [-0.2, 0) is 14.3 Å². The van der Waals surface area contributed by atoms with Crippen LogP contribution in [0.1, 0.15) is 58.2 Å². The van der Waals surface area contributed by atoms with Crippen LogP contribution in [0.3, 0.4) is 0 Å². The SMILES string of the molecule is C#Cc1ccc(C(C(=O)NC(C)C)N(CCO)C(=O)C(CCSC)NC(=O)OC(C)(C)C)cc1. The summed E-state index contributed by atoms with van der Waals surface area (Å²) in [5.74, 6) is 2.24. The van der Waals surface area contributed by atoms with E-state index in [9.17, 15) is 19.5 Å². The minimum Gasteiger partial charge on any atom is -0.444 e. The molecule has 8 nitrogen and oxygen atoms in total. The monoisotopic (exact) mass is 491 g/mol. The van der Waals surface area contributed by atoms with Gasteiger partial charge in [-0.3, -0.25) is 9.59 Å². The van der Waals surface area contributed by atoms with E-state index in [2.05, 4.69) is 16.6 Å². The molecule has 0 saturated heterocycles. The fraction of sp³-hybridized carbons (Fsp3) is 0.560. The lowest BCUT2D eigenvalue weighted by molar-refractivity contribution is -0.143. The molecule has 1 rings (SSSR count). The molecule has 2 atom stereocenters. The molecule has 0 saturated carbocycles. The van der Waals surface area contributed by atoms with Gasteiger partial charge in [-0.2, -0.15) is 11.8 Å². The number of terminal acetylenes is 1. The van der Waals surface area contributed by atoms with E-state index in [4.69, 9.17) is 11.2 Å². The van der Waals surface area contributed by atoms with Gasteiger partial charge in [0.1, 0.15) is 17.7 Å². The molecule has 3 amide bonds. The molecule has 0 spiro atoms. The van der Waals surface area contributed by atoms with Crippen LogP contribution in [0.15, 0.2) is 24.3 Å². The first kappa shape index (κ1) is 29.3. The molecule has 0 bridgehead atoms. The van der Waals surface area contributed by atoms with Gasteiger partial charge in [-0.25, -0.2) is 4.79 Å². The van der Waals surface area contributed by atoms with Gasteiger partial charge in [-0.15, -0.1) is 6.42 Å².